The Labute approximate surface area is 108 Å². The van der Waals surface area contributed by atoms with Crippen molar-refractivity contribution in [3.8, 4) is 0 Å². The van der Waals surface area contributed by atoms with E-state index in [1.165, 1.54) is 48.1 Å². The standard InChI is InChI=1S/C15H20OS/c16-15(8-1-2-9-15)11-17-14-7-6-12-4-3-5-13(12)10-14/h6-7,10,16H,1-5,8-9,11H2. The van der Waals surface area contributed by atoms with Crippen LogP contribution < -0.4 is 0 Å². The van der Waals surface area contributed by atoms with Crippen LogP contribution in [0.1, 0.15) is 43.2 Å². The fourth-order valence-electron chi connectivity index (χ4n) is 3.03. The van der Waals surface area contributed by atoms with Gasteiger partial charge >= 0.3 is 0 Å². The van der Waals surface area contributed by atoms with Crippen molar-refractivity contribution in [2.45, 2.75) is 55.4 Å². The summed E-state index contributed by atoms with van der Waals surface area (Å²) in [5.74, 6) is 0.867. The van der Waals surface area contributed by atoms with Gasteiger partial charge in [0.1, 0.15) is 0 Å². The molecule has 1 N–H and O–H groups in total. The van der Waals surface area contributed by atoms with E-state index >= 15 is 0 Å². The number of fused-ring (bicyclic) bond motifs is 1. The molecule has 0 atom stereocenters. The molecule has 0 heterocycles. The van der Waals surface area contributed by atoms with Gasteiger partial charge in [-0.3, -0.25) is 0 Å². The van der Waals surface area contributed by atoms with Gasteiger partial charge in [-0.2, -0.15) is 0 Å². The molecular formula is C15H20OS. The SMILES string of the molecule is OC1(CSc2ccc3c(c2)CCC3)CCCC1. The van der Waals surface area contributed by atoms with Gasteiger partial charge in [0.25, 0.3) is 0 Å². The van der Waals surface area contributed by atoms with E-state index in [-0.39, 0.29) is 5.60 Å². The van der Waals surface area contributed by atoms with Crippen molar-refractivity contribution in [2.75, 3.05) is 5.75 Å². The molecule has 0 spiro atoms. The Morgan fingerprint density at radius 3 is 2.65 bits per heavy atom. The summed E-state index contributed by atoms with van der Waals surface area (Å²) in [5, 5.41) is 10.3. The number of benzene rings is 1. The molecule has 1 saturated carbocycles. The van der Waals surface area contributed by atoms with Crippen molar-refractivity contribution < 1.29 is 5.11 Å². The van der Waals surface area contributed by atoms with Crippen LogP contribution in [0.15, 0.2) is 23.1 Å². The third-order valence-electron chi connectivity index (χ3n) is 4.11. The van der Waals surface area contributed by atoms with E-state index in [1.54, 1.807) is 0 Å². The first-order valence-electron chi connectivity index (χ1n) is 6.72. The van der Waals surface area contributed by atoms with E-state index in [0.29, 0.717) is 0 Å². The van der Waals surface area contributed by atoms with Gasteiger partial charge in [0.15, 0.2) is 0 Å². The predicted octanol–water partition coefficient (Wildman–Crippen LogP) is 3.57. The third-order valence-corrected chi connectivity index (χ3v) is 5.38. The first-order chi connectivity index (χ1) is 8.25. The topological polar surface area (TPSA) is 20.2 Å². The highest BCUT2D eigenvalue weighted by molar-refractivity contribution is 7.99. The molecular weight excluding hydrogens is 228 g/mol. The molecule has 1 fully saturated rings. The largest absolute Gasteiger partial charge is 0.389 e. The number of aliphatic hydroxyl groups is 1. The maximum atomic E-state index is 10.3. The molecule has 3 rings (SSSR count). The highest BCUT2D eigenvalue weighted by atomic mass is 32.2. The van der Waals surface area contributed by atoms with Crippen molar-refractivity contribution in [3.63, 3.8) is 0 Å². The van der Waals surface area contributed by atoms with Crippen molar-refractivity contribution in [2.24, 2.45) is 0 Å². The van der Waals surface area contributed by atoms with Gasteiger partial charge in [0.05, 0.1) is 5.60 Å². The predicted molar refractivity (Wildman–Crippen MR) is 72.6 cm³/mol. The quantitative estimate of drug-likeness (QED) is 0.825. The molecule has 1 nitrogen and oxygen atoms in total. The first kappa shape index (κ1) is 11.6. The van der Waals surface area contributed by atoms with Gasteiger partial charge in [-0.1, -0.05) is 18.9 Å². The summed E-state index contributed by atoms with van der Waals surface area (Å²) >= 11 is 1.83. The molecule has 17 heavy (non-hydrogen) atoms. The molecule has 0 aromatic heterocycles. The summed E-state index contributed by atoms with van der Waals surface area (Å²) < 4.78 is 0. The van der Waals surface area contributed by atoms with E-state index in [1.807, 2.05) is 11.8 Å². The van der Waals surface area contributed by atoms with Gasteiger partial charge in [-0.05, 0) is 55.4 Å². The average molecular weight is 248 g/mol. The highest BCUT2D eigenvalue weighted by Crippen LogP contribution is 2.35. The lowest BCUT2D eigenvalue weighted by atomic mass is 10.1. The smallest absolute Gasteiger partial charge is 0.0741 e. The Balaban J connectivity index is 1.65. The molecule has 92 valence electrons. The third kappa shape index (κ3) is 2.53. The summed E-state index contributed by atoms with van der Waals surface area (Å²) in [6, 6.07) is 6.85. The van der Waals surface area contributed by atoms with Gasteiger partial charge in [-0.25, -0.2) is 0 Å². The molecule has 2 aliphatic rings. The van der Waals surface area contributed by atoms with Gasteiger partial charge < -0.3 is 5.11 Å². The zero-order chi connectivity index (χ0) is 11.7. The van der Waals surface area contributed by atoms with Crippen LogP contribution >= 0.6 is 11.8 Å². The molecule has 0 amide bonds. The molecule has 2 aliphatic carbocycles. The Morgan fingerprint density at radius 2 is 1.82 bits per heavy atom. The first-order valence-corrected chi connectivity index (χ1v) is 7.71. The van der Waals surface area contributed by atoms with Crippen LogP contribution in [-0.4, -0.2) is 16.5 Å². The highest BCUT2D eigenvalue weighted by Gasteiger charge is 2.30. The number of thioether (sulfide) groups is 1. The molecule has 1 aromatic rings. The minimum absolute atomic E-state index is 0.385. The number of hydrogen-bond donors (Lipinski definition) is 1. The Kier molecular flexibility index (Phi) is 3.18. The van der Waals surface area contributed by atoms with Crippen LogP contribution in [0.3, 0.4) is 0 Å². The van der Waals surface area contributed by atoms with E-state index in [4.69, 9.17) is 0 Å². The summed E-state index contributed by atoms with van der Waals surface area (Å²) in [6.45, 7) is 0. The molecule has 1 aromatic carbocycles. The summed E-state index contributed by atoms with van der Waals surface area (Å²) in [4.78, 5) is 1.34. The van der Waals surface area contributed by atoms with E-state index in [2.05, 4.69) is 18.2 Å². The minimum atomic E-state index is -0.385. The summed E-state index contributed by atoms with van der Waals surface area (Å²) in [5.41, 5.74) is 2.69. The molecule has 0 saturated heterocycles. The normalized spacial score (nSPS) is 21.7. The zero-order valence-corrected chi connectivity index (χ0v) is 11.1. The maximum absolute atomic E-state index is 10.3. The van der Waals surface area contributed by atoms with Gasteiger partial charge in [0.2, 0.25) is 0 Å². The number of aryl methyl sites for hydroxylation is 2. The van der Waals surface area contributed by atoms with E-state index in [0.717, 1.165) is 18.6 Å². The number of rotatable bonds is 3. The lowest BCUT2D eigenvalue weighted by Crippen LogP contribution is -2.26. The van der Waals surface area contributed by atoms with Gasteiger partial charge in [0, 0.05) is 10.6 Å². The fraction of sp³-hybridized carbons (Fsp3) is 0.600. The molecule has 0 aliphatic heterocycles. The fourth-order valence-corrected chi connectivity index (χ4v) is 4.15. The monoisotopic (exact) mass is 248 g/mol. The second-order valence-electron chi connectivity index (χ2n) is 5.50. The van der Waals surface area contributed by atoms with Crippen LogP contribution in [0.25, 0.3) is 0 Å². The van der Waals surface area contributed by atoms with E-state index < -0.39 is 0 Å². The van der Waals surface area contributed by atoms with Crippen LogP contribution in [-0.2, 0) is 12.8 Å². The number of hydrogen-bond acceptors (Lipinski definition) is 2. The van der Waals surface area contributed by atoms with Crippen LogP contribution in [0.4, 0.5) is 0 Å². The maximum Gasteiger partial charge on any atom is 0.0741 e. The Bertz CT molecular complexity index is 407. The van der Waals surface area contributed by atoms with Crippen molar-refractivity contribution in [1.29, 1.82) is 0 Å². The van der Waals surface area contributed by atoms with Crippen molar-refractivity contribution >= 4 is 11.8 Å². The lowest BCUT2D eigenvalue weighted by molar-refractivity contribution is 0.0732. The summed E-state index contributed by atoms with van der Waals surface area (Å²) in [7, 11) is 0. The molecule has 0 unspecified atom stereocenters. The Morgan fingerprint density at radius 1 is 1.06 bits per heavy atom. The molecule has 0 bridgehead atoms. The van der Waals surface area contributed by atoms with Crippen molar-refractivity contribution in [3.05, 3.63) is 29.3 Å². The molecule has 2 heteroatoms. The van der Waals surface area contributed by atoms with Gasteiger partial charge in [-0.15, -0.1) is 11.8 Å². The second-order valence-corrected chi connectivity index (χ2v) is 6.55. The van der Waals surface area contributed by atoms with Crippen molar-refractivity contribution in [1.82, 2.24) is 0 Å². The van der Waals surface area contributed by atoms with Crippen LogP contribution in [0, 0.1) is 0 Å². The summed E-state index contributed by atoms with van der Waals surface area (Å²) in [6.07, 6.45) is 8.18. The van der Waals surface area contributed by atoms with E-state index in [9.17, 15) is 5.11 Å². The lowest BCUT2D eigenvalue weighted by Gasteiger charge is -2.21. The van der Waals surface area contributed by atoms with Crippen LogP contribution in [0.2, 0.25) is 0 Å². The van der Waals surface area contributed by atoms with Crippen LogP contribution in [0.5, 0.6) is 0 Å². The molecule has 0 radical (unpaired) electrons. The average Bonchev–Trinajstić information content (AvgIpc) is 2.95. The zero-order valence-electron chi connectivity index (χ0n) is 10.2. The minimum Gasteiger partial charge on any atom is -0.389 e. The Hall–Kier alpha value is -0.470. The second kappa shape index (κ2) is 4.66.